The number of hydrogen-bond donors (Lipinski definition) is 0. The number of aryl methyl sites for hydroxylation is 1. The van der Waals surface area contributed by atoms with Gasteiger partial charge in [-0.25, -0.2) is 8.42 Å². The Kier molecular flexibility index (Phi) is 5.37. The third kappa shape index (κ3) is 3.13. The molecule has 0 N–H and O–H groups in total. The first kappa shape index (κ1) is 15.7. The number of rotatable bonds is 3. The molecule has 5 heteroatoms. The Bertz CT molecular complexity index is 645. The number of hydrogen-bond acceptors (Lipinski definition) is 3. The van der Waals surface area contributed by atoms with Crippen molar-refractivity contribution in [2.75, 3.05) is 0 Å². The molecule has 0 aliphatic rings. The van der Waals surface area contributed by atoms with Gasteiger partial charge in [0.2, 0.25) is 0 Å². The fourth-order valence-corrected chi connectivity index (χ4v) is 2.81. The first-order valence-electron chi connectivity index (χ1n) is 5.50. The minimum atomic E-state index is -4.42. The van der Waals surface area contributed by atoms with Gasteiger partial charge in [-0.3, -0.25) is 0 Å². The molecule has 0 unspecified atom stereocenters. The van der Waals surface area contributed by atoms with Crippen molar-refractivity contribution < 1.29 is 42.5 Å². The fourth-order valence-electron chi connectivity index (χ4n) is 2.07. The van der Waals surface area contributed by atoms with Crippen molar-refractivity contribution >= 4 is 20.9 Å². The Hall–Kier alpha value is -0.390. The summed E-state index contributed by atoms with van der Waals surface area (Å²) in [5, 5.41) is 1.37. The van der Waals surface area contributed by atoms with E-state index in [0.717, 1.165) is 23.8 Å². The standard InChI is InChI=1S/C13H14O3S.Na/c1-2-5-10-6-3-7-11-8-4-9-12(13(10)11)17(14,15)16;/h3-4,6-9H,2,5H2,1H3,(H,14,15,16);/q;+1/p-1. The van der Waals surface area contributed by atoms with E-state index in [1.165, 1.54) is 6.07 Å². The maximum Gasteiger partial charge on any atom is 1.00 e. The normalized spacial score (nSPS) is 11.2. The van der Waals surface area contributed by atoms with Crippen LogP contribution in [0, 0.1) is 0 Å². The van der Waals surface area contributed by atoms with Crippen molar-refractivity contribution in [2.45, 2.75) is 24.7 Å². The van der Waals surface area contributed by atoms with E-state index in [1.807, 2.05) is 31.2 Å². The summed E-state index contributed by atoms with van der Waals surface area (Å²) in [5.74, 6) is 0. The molecule has 2 rings (SSSR count). The van der Waals surface area contributed by atoms with E-state index in [-0.39, 0.29) is 34.5 Å². The molecule has 2 aromatic carbocycles. The topological polar surface area (TPSA) is 57.2 Å². The summed E-state index contributed by atoms with van der Waals surface area (Å²) in [6, 6.07) is 10.4. The van der Waals surface area contributed by atoms with E-state index in [0.29, 0.717) is 5.39 Å². The monoisotopic (exact) mass is 272 g/mol. The Morgan fingerprint density at radius 3 is 2.28 bits per heavy atom. The molecule has 0 aliphatic carbocycles. The van der Waals surface area contributed by atoms with Crippen molar-refractivity contribution in [2.24, 2.45) is 0 Å². The number of fused-ring (bicyclic) bond motifs is 1. The zero-order chi connectivity index (χ0) is 12.5. The van der Waals surface area contributed by atoms with Crippen LogP contribution in [0.25, 0.3) is 10.8 Å². The second-order valence-corrected chi connectivity index (χ2v) is 5.32. The minimum absolute atomic E-state index is 0. The van der Waals surface area contributed by atoms with Gasteiger partial charge < -0.3 is 4.55 Å². The zero-order valence-electron chi connectivity index (χ0n) is 10.5. The number of benzene rings is 2. The molecule has 2 aromatic rings. The predicted octanol–water partition coefficient (Wildman–Crippen LogP) is -0.300. The summed E-state index contributed by atoms with van der Waals surface area (Å²) >= 11 is 0. The molecule has 0 atom stereocenters. The van der Waals surface area contributed by atoms with Gasteiger partial charge in [0.25, 0.3) is 0 Å². The molecular weight excluding hydrogens is 259 g/mol. The van der Waals surface area contributed by atoms with Crippen molar-refractivity contribution in [3.63, 3.8) is 0 Å². The Morgan fingerprint density at radius 1 is 1.11 bits per heavy atom. The van der Waals surface area contributed by atoms with E-state index in [9.17, 15) is 13.0 Å². The molecule has 0 heterocycles. The quantitative estimate of drug-likeness (QED) is 0.569. The van der Waals surface area contributed by atoms with Crippen LogP contribution in [-0.2, 0) is 16.5 Å². The molecule has 0 spiro atoms. The van der Waals surface area contributed by atoms with Crippen molar-refractivity contribution in [1.29, 1.82) is 0 Å². The molecular formula is C13H13NaO3S. The summed E-state index contributed by atoms with van der Waals surface area (Å²) in [4.78, 5) is -0.112. The molecule has 0 radical (unpaired) electrons. The van der Waals surface area contributed by atoms with Gasteiger partial charge in [-0.2, -0.15) is 0 Å². The van der Waals surface area contributed by atoms with E-state index in [1.54, 1.807) is 6.07 Å². The van der Waals surface area contributed by atoms with E-state index < -0.39 is 10.1 Å². The average molecular weight is 272 g/mol. The predicted molar refractivity (Wildman–Crippen MR) is 65.9 cm³/mol. The third-order valence-electron chi connectivity index (χ3n) is 2.74. The second-order valence-electron chi connectivity index (χ2n) is 3.98. The molecule has 0 saturated heterocycles. The summed E-state index contributed by atoms with van der Waals surface area (Å²) in [6.45, 7) is 2.02. The van der Waals surface area contributed by atoms with Gasteiger partial charge >= 0.3 is 29.6 Å². The summed E-state index contributed by atoms with van der Waals surface area (Å²) in [6.07, 6.45) is 1.68. The summed E-state index contributed by atoms with van der Waals surface area (Å²) < 4.78 is 33.7. The SMILES string of the molecule is CCCc1cccc2cccc(S(=O)(=O)[O-])c12.[Na+]. The zero-order valence-corrected chi connectivity index (χ0v) is 13.3. The largest absolute Gasteiger partial charge is 1.00 e. The van der Waals surface area contributed by atoms with Gasteiger partial charge in [0, 0.05) is 5.39 Å². The van der Waals surface area contributed by atoms with Crippen LogP contribution in [-0.4, -0.2) is 13.0 Å². The summed E-state index contributed by atoms with van der Waals surface area (Å²) in [5.41, 5.74) is 0.917. The van der Waals surface area contributed by atoms with Crippen molar-refractivity contribution in [3.05, 3.63) is 42.0 Å². The van der Waals surface area contributed by atoms with Crippen LogP contribution >= 0.6 is 0 Å². The molecule has 0 fully saturated rings. The minimum Gasteiger partial charge on any atom is -0.744 e. The van der Waals surface area contributed by atoms with E-state index in [4.69, 9.17) is 0 Å². The van der Waals surface area contributed by atoms with Crippen LogP contribution < -0.4 is 29.6 Å². The van der Waals surface area contributed by atoms with Crippen LogP contribution in [0.2, 0.25) is 0 Å². The Balaban J connectivity index is 0.00000162. The molecule has 0 aromatic heterocycles. The van der Waals surface area contributed by atoms with Crippen LogP contribution in [0.4, 0.5) is 0 Å². The Morgan fingerprint density at radius 2 is 1.72 bits per heavy atom. The molecule has 3 nitrogen and oxygen atoms in total. The van der Waals surface area contributed by atoms with Gasteiger partial charge in [0.05, 0.1) is 4.90 Å². The van der Waals surface area contributed by atoms with Crippen molar-refractivity contribution in [1.82, 2.24) is 0 Å². The molecule has 18 heavy (non-hydrogen) atoms. The van der Waals surface area contributed by atoms with Crippen LogP contribution in [0.5, 0.6) is 0 Å². The maximum atomic E-state index is 11.2. The van der Waals surface area contributed by atoms with Gasteiger partial charge in [0.1, 0.15) is 10.1 Å². The molecule has 0 amide bonds. The van der Waals surface area contributed by atoms with Gasteiger partial charge in [-0.1, -0.05) is 43.7 Å². The maximum absolute atomic E-state index is 11.2. The van der Waals surface area contributed by atoms with Crippen LogP contribution in [0.1, 0.15) is 18.9 Å². The third-order valence-corrected chi connectivity index (χ3v) is 3.62. The van der Waals surface area contributed by atoms with E-state index in [2.05, 4.69) is 0 Å². The molecule has 0 aliphatic heterocycles. The van der Waals surface area contributed by atoms with Gasteiger partial charge in [-0.15, -0.1) is 0 Å². The van der Waals surface area contributed by atoms with Gasteiger partial charge in [0.15, 0.2) is 0 Å². The van der Waals surface area contributed by atoms with Gasteiger partial charge in [-0.05, 0) is 23.4 Å². The first-order valence-corrected chi connectivity index (χ1v) is 6.91. The van der Waals surface area contributed by atoms with Crippen LogP contribution in [0.15, 0.2) is 41.3 Å². The smallest absolute Gasteiger partial charge is 0.744 e. The van der Waals surface area contributed by atoms with Crippen LogP contribution in [0.3, 0.4) is 0 Å². The van der Waals surface area contributed by atoms with Crippen molar-refractivity contribution in [3.8, 4) is 0 Å². The molecule has 0 bridgehead atoms. The van der Waals surface area contributed by atoms with E-state index >= 15 is 0 Å². The summed E-state index contributed by atoms with van der Waals surface area (Å²) in [7, 11) is -4.42. The fraction of sp³-hybridized carbons (Fsp3) is 0.231. The molecule has 90 valence electrons. The molecule has 0 saturated carbocycles. The Labute approximate surface area is 129 Å². The first-order chi connectivity index (χ1) is 8.04. The average Bonchev–Trinajstić information content (AvgIpc) is 2.28. The second kappa shape index (κ2) is 6.17.